The topological polar surface area (TPSA) is 86.8 Å². The average Bonchev–Trinajstić information content (AvgIpc) is 3.02. The SMILES string of the molecule is C[Si](C)(C)CCCNC(CC(=O)N1CCCCCC1=O)C(=O)N1CCCCCC1=O. The normalized spacial score (nSPS) is 20.0. The van der Waals surface area contributed by atoms with E-state index in [0.717, 1.165) is 51.0 Å². The monoisotopic (exact) mass is 437 g/mol. The van der Waals surface area contributed by atoms with Gasteiger partial charge >= 0.3 is 0 Å². The van der Waals surface area contributed by atoms with Gasteiger partial charge in [0, 0.05) is 34.0 Å². The van der Waals surface area contributed by atoms with E-state index in [0.29, 0.717) is 32.5 Å². The van der Waals surface area contributed by atoms with E-state index < -0.39 is 14.1 Å². The lowest BCUT2D eigenvalue weighted by atomic mass is 10.1. The lowest BCUT2D eigenvalue weighted by Crippen LogP contribution is -2.51. The van der Waals surface area contributed by atoms with Crippen LogP contribution in [0, 0.1) is 0 Å². The van der Waals surface area contributed by atoms with Crippen LogP contribution in [0.15, 0.2) is 0 Å². The number of nitrogens with one attached hydrogen (secondary N) is 1. The van der Waals surface area contributed by atoms with E-state index in [1.54, 1.807) is 0 Å². The smallest absolute Gasteiger partial charge is 0.246 e. The van der Waals surface area contributed by atoms with Crippen molar-refractivity contribution in [2.24, 2.45) is 0 Å². The summed E-state index contributed by atoms with van der Waals surface area (Å²) in [5.74, 6) is -0.913. The molecule has 1 atom stereocenters. The van der Waals surface area contributed by atoms with Crippen molar-refractivity contribution >= 4 is 31.7 Å². The van der Waals surface area contributed by atoms with Gasteiger partial charge in [-0.25, -0.2) is 0 Å². The molecule has 0 saturated carbocycles. The van der Waals surface area contributed by atoms with Crippen LogP contribution in [0.1, 0.15) is 64.2 Å². The van der Waals surface area contributed by atoms with Gasteiger partial charge in [0.2, 0.25) is 23.6 Å². The molecule has 2 aliphatic rings. The maximum Gasteiger partial charge on any atom is 0.246 e. The largest absolute Gasteiger partial charge is 0.305 e. The number of imide groups is 2. The third-order valence-electron chi connectivity index (χ3n) is 5.89. The third-order valence-corrected chi connectivity index (χ3v) is 7.74. The predicted molar refractivity (Wildman–Crippen MR) is 120 cm³/mol. The lowest BCUT2D eigenvalue weighted by Gasteiger charge is -2.27. The van der Waals surface area contributed by atoms with Crippen LogP contribution in [0.3, 0.4) is 0 Å². The van der Waals surface area contributed by atoms with Crippen LogP contribution in [0.2, 0.25) is 25.7 Å². The zero-order valence-electron chi connectivity index (χ0n) is 19.0. The fourth-order valence-electron chi connectivity index (χ4n) is 4.08. The van der Waals surface area contributed by atoms with Crippen molar-refractivity contribution in [1.82, 2.24) is 15.1 Å². The summed E-state index contributed by atoms with van der Waals surface area (Å²) in [6.07, 6.45) is 6.74. The van der Waals surface area contributed by atoms with E-state index in [4.69, 9.17) is 0 Å². The molecule has 0 aliphatic carbocycles. The summed E-state index contributed by atoms with van der Waals surface area (Å²) >= 11 is 0. The van der Waals surface area contributed by atoms with Crippen LogP contribution in [0.4, 0.5) is 0 Å². The number of hydrogen-bond acceptors (Lipinski definition) is 5. The second-order valence-corrected chi connectivity index (χ2v) is 15.4. The summed E-state index contributed by atoms with van der Waals surface area (Å²) in [6, 6.07) is 0.375. The lowest BCUT2D eigenvalue weighted by molar-refractivity contribution is -0.150. The third kappa shape index (κ3) is 7.94. The Morgan fingerprint density at radius 3 is 2.07 bits per heavy atom. The molecule has 2 rings (SSSR count). The molecule has 4 amide bonds. The maximum atomic E-state index is 13.2. The quantitative estimate of drug-likeness (QED) is 0.466. The molecule has 0 aromatic rings. The summed E-state index contributed by atoms with van der Waals surface area (Å²) < 4.78 is 0. The van der Waals surface area contributed by atoms with Gasteiger partial charge < -0.3 is 5.32 Å². The van der Waals surface area contributed by atoms with Crippen LogP contribution in [-0.2, 0) is 19.2 Å². The first-order valence-electron chi connectivity index (χ1n) is 11.6. The van der Waals surface area contributed by atoms with Crippen LogP contribution in [-0.4, -0.2) is 67.2 Å². The predicted octanol–water partition coefficient (Wildman–Crippen LogP) is 2.92. The number of hydrogen-bond donors (Lipinski definition) is 1. The van der Waals surface area contributed by atoms with E-state index in [-0.39, 0.29) is 30.0 Å². The summed E-state index contributed by atoms with van der Waals surface area (Å²) in [7, 11) is -1.19. The average molecular weight is 438 g/mol. The number of amides is 4. The molecular weight excluding hydrogens is 398 g/mol. The number of carbonyl (C=O) groups excluding carboxylic acids is 4. The van der Waals surface area contributed by atoms with Crippen LogP contribution in [0.5, 0.6) is 0 Å². The highest BCUT2D eigenvalue weighted by Crippen LogP contribution is 2.17. The van der Waals surface area contributed by atoms with Gasteiger partial charge in [-0.05, 0) is 38.6 Å². The summed E-state index contributed by atoms with van der Waals surface area (Å²) in [4.78, 5) is 53.5. The number of likely N-dealkylation sites (tertiary alicyclic amines) is 2. The Balaban J connectivity index is 2.06. The van der Waals surface area contributed by atoms with Gasteiger partial charge in [0.05, 0.1) is 12.5 Å². The Kier molecular flexibility index (Phi) is 9.68. The zero-order chi connectivity index (χ0) is 22.1. The minimum absolute atomic E-state index is 0.0682. The van der Waals surface area contributed by atoms with Crippen molar-refractivity contribution in [1.29, 1.82) is 0 Å². The second kappa shape index (κ2) is 11.7. The minimum atomic E-state index is -1.19. The van der Waals surface area contributed by atoms with E-state index >= 15 is 0 Å². The molecule has 0 radical (unpaired) electrons. The van der Waals surface area contributed by atoms with Crippen molar-refractivity contribution < 1.29 is 19.2 Å². The Bertz CT molecular complexity index is 632. The van der Waals surface area contributed by atoms with Gasteiger partial charge in [0.1, 0.15) is 0 Å². The Labute approximate surface area is 181 Å². The zero-order valence-corrected chi connectivity index (χ0v) is 20.0. The molecule has 170 valence electrons. The van der Waals surface area contributed by atoms with Crippen molar-refractivity contribution in [2.75, 3.05) is 19.6 Å². The van der Waals surface area contributed by atoms with E-state index in [1.165, 1.54) is 9.80 Å². The minimum Gasteiger partial charge on any atom is -0.305 e. The summed E-state index contributed by atoms with van der Waals surface area (Å²) in [6.45, 7) is 8.39. The molecule has 2 fully saturated rings. The first-order chi connectivity index (χ1) is 14.2. The molecule has 0 aromatic carbocycles. The van der Waals surface area contributed by atoms with E-state index in [1.807, 2.05) is 0 Å². The number of nitrogens with zero attached hydrogens (tertiary/aromatic N) is 2. The van der Waals surface area contributed by atoms with Gasteiger partial charge in [-0.1, -0.05) is 38.5 Å². The van der Waals surface area contributed by atoms with Crippen LogP contribution < -0.4 is 5.32 Å². The summed E-state index contributed by atoms with van der Waals surface area (Å²) in [5.41, 5.74) is 0. The maximum absolute atomic E-state index is 13.2. The molecule has 0 bridgehead atoms. The van der Waals surface area contributed by atoms with Crippen molar-refractivity contribution in [3.8, 4) is 0 Å². The molecule has 0 aromatic heterocycles. The summed E-state index contributed by atoms with van der Waals surface area (Å²) in [5, 5.41) is 3.25. The van der Waals surface area contributed by atoms with Gasteiger partial charge in [0.25, 0.3) is 0 Å². The molecular formula is C22H39N3O4Si. The molecule has 0 spiro atoms. The highest BCUT2D eigenvalue weighted by Gasteiger charge is 2.33. The van der Waals surface area contributed by atoms with Gasteiger partial charge in [0.15, 0.2) is 0 Å². The van der Waals surface area contributed by atoms with Gasteiger partial charge in [-0.3, -0.25) is 29.0 Å². The molecule has 1 N–H and O–H groups in total. The van der Waals surface area contributed by atoms with E-state index in [2.05, 4.69) is 25.0 Å². The first-order valence-corrected chi connectivity index (χ1v) is 15.3. The highest BCUT2D eigenvalue weighted by molar-refractivity contribution is 6.76. The fourth-order valence-corrected chi connectivity index (χ4v) is 5.31. The van der Waals surface area contributed by atoms with Crippen molar-refractivity contribution in [2.45, 2.75) is 95.9 Å². The number of rotatable bonds is 8. The van der Waals surface area contributed by atoms with Crippen molar-refractivity contribution in [3.05, 3.63) is 0 Å². The highest BCUT2D eigenvalue weighted by atomic mass is 28.3. The molecule has 8 heteroatoms. The molecule has 2 saturated heterocycles. The van der Waals surface area contributed by atoms with Crippen LogP contribution in [0.25, 0.3) is 0 Å². The standard InChI is InChI=1S/C22H39N3O4Si/c1-30(2,3)16-10-13-23-18(22(29)25-15-9-5-7-12-20(25)27)17-21(28)24-14-8-4-6-11-19(24)26/h18,23H,4-17H2,1-3H3. The molecule has 2 aliphatic heterocycles. The molecule has 30 heavy (non-hydrogen) atoms. The fraction of sp³-hybridized carbons (Fsp3) is 0.818. The second-order valence-electron chi connectivity index (χ2n) is 9.82. The van der Waals surface area contributed by atoms with Gasteiger partial charge in [-0.2, -0.15) is 0 Å². The van der Waals surface area contributed by atoms with E-state index in [9.17, 15) is 19.2 Å². The van der Waals surface area contributed by atoms with Crippen LogP contribution >= 0.6 is 0 Å². The first kappa shape index (κ1) is 24.7. The molecule has 2 heterocycles. The number of carbonyl (C=O) groups is 4. The van der Waals surface area contributed by atoms with Crippen molar-refractivity contribution in [3.63, 3.8) is 0 Å². The molecule has 7 nitrogen and oxygen atoms in total. The Morgan fingerprint density at radius 2 is 1.47 bits per heavy atom. The molecule has 1 unspecified atom stereocenters. The van der Waals surface area contributed by atoms with Gasteiger partial charge in [-0.15, -0.1) is 0 Å². The Hall–Kier alpha value is -1.54. The Morgan fingerprint density at radius 1 is 0.900 bits per heavy atom.